The average Bonchev–Trinajstić information content (AvgIpc) is 2.99. The summed E-state index contributed by atoms with van der Waals surface area (Å²) in [5.74, 6) is -1.46. The molecule has 0 aliphatic rings. The lowest BCUT2D eigenvalue weighted by Gasteiger charge is -2.27. The third-order valence-corrected chi connectivity index (χ3v) is 6.57. The molecule has 3 atom stereocenters. The Balaban J connectivity index is 1.97. The lowest BCUT2D eigenvalue weighted by Crippen LogP contribution is -2.33. The summed E-state index contributed by atoms with van der Waals surface area (Å²) in [7, 11) is 0. The minimum absolute atomic E-state index is 0.00511. The van der Waals surface area contributed by atoms with Crippen molar-refractivity contribution in [3.8, 4) is 11.5 Å². The molecule has 0 radical (unpaired) electrons. The molecule has 2 aromatic rings. The van der Waals surface area contributed by atoms with Crippen molar-refractivity contribution in [1.29, 1.82) is 0 Å². The Morgan fingerprint density at radius 1 is 0.489 bits per heavy atom. The van der Waals surface area contributed by atoms with Crippen LogP contribution >= 0.6 is 0 Å². The van der Waals surface area contributed by atoms with Crippen molar-refractivity contribution in [2.75, 3.05) is 39.6 Å². The van der Waals surface area contributed by atoms with Gasteiger partial charge in [-0.15, -0.1) is 0 Å². The van der Waals surface area contributed by atoms with Gasteiger partial charge >= 0.3 is 29.8 Å². The molecule has 0 aliphatic heterocycles. The highest BCUT2D eigenvalue weighted by atomic mass is 16.6. The van der Waals surface area contributed by atoms with Gasteiger partial charge in [0.2, 0.25) is 0 Å². The Kier molecular flexibility index (Phi) is 15.7. The molecule has 2 rings (SSSR count). The van der Waals surface area contributed by atoms with Crippen molar-refractivity contribution in [1.82, 2.24) is 0 Å². The van der Waals surface area contributed by atoms with Crippen molar-refractivity contribution < 1.29 is 61.9 Å². The zero-order valence-corrected chi connectivity index (χ0v) is 27.9. The fraction of sp³-hybridized carbons (Fsp3) is 0.500. The van der Waals surface area contributed by atoms with E-state index in [0.29, 0.717) is 11.5 Å². The number of carbonyl (C=O) groups is 5. The minimum atomic E-state index is -0.812. The van der Waals surface area contributed by atoms with E-state index in [9.17, 15) is 24.0 Å². The van der Waals surface area contributed by atoms with Crippen LogP contribution in [-0.4, -0.2) is 87.8 Å². The summed E-state index contributed by atoms with van der Waals surface area (Å²) in [6.45, 7) is 10.1. The molecule has 0 aliphatic carbocycles. The molecule has 13 heteroatoms. The topological polar surface area (TPSA) is 159 Å². The molecule has 47 heavy (non-hydrogen) atoms. The van der Waals surface area contributed by atoms with Crippen LogP contribution in [-0.2, 0) is 57.8 Å². The maximum Gasteiger partial charge on any atom is 0.303 e. The fourth-order valence-electron chi connectivity index (χ4n) is 4.28. The lowest BCUT2D eigenvalue weighted by molar-refractivity contribution is -0.162. The van der Waals surface area contributed by atoms with E-state index in [2.05, 4.69) is 13.8 Å². The first-order valence-electron chi connectivity index (χ1n) is 15.0. The molecule has 13 nitrogen and oxygen atoms in total. The van der Waals surface area contributed by atoms with E-state index in [1.54, 1.807) is 0 Å². The van der Waals surface area contributed by atoms with E-state index in [0.717, 1.165) is 11.1 Å². The number of esters is 5. The van der Waals surface area contributed by atoms with Crippen LogP contribution in [0.4, 0.5) is 0 Å². The number of hydrogen-bond acceptors (Lipinski definition) is 13. The van der Waals surface area contributed by atoms with Gasteiger partial charge in [0.1, 0.15) is 37.9 Å². The molecule has 258 valence electrons. The first-order valence-corrected chi connectivity index (χ1v) is 15.0. The standard InChI is InChI=1S/C34H44O13/c1-22(35)41-18-31(45-24(3)37)16-40-17-32(46-25(4)38)20-43-29-12-8-27(9-13-29)34(6,7)28-10-14-30(15-11-28)44-21-33(47-26(5)39)19-42-23(2)36/h8-15,31-33H,16-21H2,1-7H3. The normalized spacial score (nSPS) is 12.9. The molecule has 0 amide bonds. The van der Waals surface area contributed by atoms with Crippen LogP contribution in [0.1, 0.15) is 59.6 Å². The summed E-state index contributed by atoms with van der Waals surface area (Å²) in [6.07, 6.45) is -2.29. The highest BCUT2D eigenvalue weighted by molar-refractivity contribution is 5.68. The number of benzene rings is 2. The van der Waals surface area contributed by atoms with Crippen LogP contribution in [0.5, 0.6) is 11.5 Å². The molecule has 0 spiro atoms. The summed E-state index contributed by atoms with van der Waals surface area (Å²) in [4.78, 5) is 56.6. The van der Waals surface area contributed by atoms with Crippen LogP contribution in [0.3, 0.4) is 0 Å². The molecule has 0 bridgehead atoms. The van der Waals surface area contributed by atoms with Gasteiger partial charge in [0.05, 0.1) is 13.2 Å². The summed E-state index contributed by atoms with van der Waals surface area (Å²) >= 11 is 0. The SMILES string of the molecule is CC(=O)OCC(COCC(COc1ccc(C(C)(C)c2ccc(OCC(COC(C)=O)OC(C)=O)cc2)cc1)OC(C)=O)OC(C)=O. The van der Waals surface area contributed by atoms with Crippen LogP contribution < -0.4 is 9.47 Å². The van der Waals surface area contributed by atoms with Gasteiger partial charge in [0.25, 0.3) is 0 Å². The van der Waals surface area contributed by atoms with E-state index in [1.807, 2.05) is 48.5 Å². The van der Waals surface area contributed by atoms with Crippen molar-refractivity contribution in [2.24, 2.45) is 0 Å². The van der Waals surface area contributed by atoms with Gasteiger partial charge in [-0.1, -0.05) is 38.1 Å². The second-order valence-corrected chi connectivity index (χ2v) is 11.1. The number of rotatable bonds is 19. The van der Waals surface area contributed by atoms with Crippen LogP contribution in [0.25, 0.3) is 0 Å². The van der Waals surface area contributed by atoms with Gasteiger partial charge in [-0.2, -0.15) is 0 Å². The fourth-order valence-corrected chi connectivity index (χ4v) is 4.28. The van der Waals surface area contributed by atoms with Crippen molar-refractivity contribution in [2.45, 2.75) is 72.2 Å². The maximum absolute atomic E-state index is 11.6. The largest absolute Gasteiger partial charge is 0.490 e. The van der Waals surface area contributed by atoms with Crippen LogP contribution in [0.15, 0.2) is 48.5 Å². The van der Waals surface area contributed by atoms with E-state index in [1.165, 1.54) is 34.6 Å². The first kappa shape index (κ1) is 38.5. The van der Waals surface area contributed by atoms with E-state index in [4.69, 9.17) is 37.9 Å². The van der Waals surface area contributed by atoms with Gasteiger partial charge in [-0.3, -0.25) is 24.0 Å². The Hall–Kier alpha value is -4.65. The zero-order valence-electron chi connectivity index (χ0n) is 27.9. The molecule has 0 aromatic heterocycles. The smallest absolute Gasteiger partial charge is 0.303 e. The van der Waals surface area contributed by atoms with Crippen LogP contribution in [0, 0.1) is 0 Å². The highest BCUT2D eigenvalue weighted by Gasteiger charge is 2.24. The van der Waals surface area contributed by atoms with Crippen LogP contribution in [0.2, 0.25) is 0 Å². The van der Waals surface area contributed by atoms with Crippen molar-refractivity contribution >= 4 is 29.8 Å². The molecule has 0 N–H and O–H groups in total. The molecule has 2 aromatic carbocycles. The predicted octanol–water partition coefficient (Wildman–Crippen LogP) is 3.71. The molecule has 3 unspecified atom stereocenters. The van der Waals surface area contributed by atoms with Gasteiger partial charge < -0.3 is 37.9 Å². The number of hydrogen-bond donors (Lipinski definition) is 0. The first-order chi connectivity index (χ1) is 22.1. The van der Waals surface area contributed by atoms with E-state index >= 15 is 0 Å². The van der Waals surface area contributed by atoms with Gasteiger partial charge in [0, 0.05) is 40.0 Å². The van der Waals surface area contributed by atoms with Gasteiger partial charge in [-0.05, 0) is 35.4 Å². The van der Waals surface area contributed by atoms with Gasteiger partial charge in [0.15, 0.2) is 18.3 Å². The Labute approximate surface area is 274 Å². The molecule has 0 fully saturated rings. The third kappa shape index (κ3) is 15.0. The second-order valence-electron chi connectivity index (χ2n) is 11.1. The number of carbonyl (C=O) groups excluding carboxylic acids is 5. The summed E-state index contributed by atoms with van der Waals surface area (Å²) < 4.78 is 42.7. The Bertz CT molecular complexity index is 1320. The third-order valence-electron chi connectivity index (χ3n) is 6.57. The predicted molar refractivity (Wildman–Crippen MR) is 167 cm³/mol. The molecule has 0 saturated heterocycles. The molecule has 0 heterocycles. The molecular weight excluding hydrogens is 616 g/mol. The molecule has 0 saturated carbocycles. The Morgan fingerprint density at radius 2 is 0.809 bits per heavy atom. The number of ether oxygens (including phenoxy) is 8. The summed E-state index contributed by atoms with van der Waals surface area (Å²) in [5.41, 5.74) is 1.65. The average molecular weight is 661 g/mol. The second kappa shape index (κ2) is 19.1. The Morgan fingerprint density at radius 3 is 1.13 bits per heavy atom. The lowest BCUT2D eigenvalue weighted by atomic mass is 9.78. The molecular formula is C34H44O13. The monoisotopic (exact) mass is 660 g/mol. The van der Waals surface area contributed by atoms with Crippen molar-refractivity contribution in [3.63, 3.8) is 0 Å². The maximum atomic E-state index is 11.6. The highest BCUT2D eigenvalue weighted by Crippen LogP contribution is 2.33. The van der Waals surface area contributed by atoms with E-state index < -0.39 is 48.2 Å². The summed E-state index contributed by atoms with van der Waals surface area (Å²) in [5, 5.41) is 0. The van der Waals surface area contributed by atoms with E-state index in [-0.39, 0.29) is 45.1 Å². The van der Waals surface area contributed by atoms with Gasteiger partial charge in [-0.25, -0.2) is 0 Å². The summed E-state index contributed by atoms with van der Waals surface area (Å²) in [6, 6.07) is 15.0. The quantitative estimate of drug-likeness (QED) is 0.159. The zero-order chi connectivity index (χ0) is 35.0. The van der Waals surface area contributed by atoms with Crippen molar-refractivity contribution in [3.05, 3.63) is 59.7 Å². The minimum Gasteiger partial charge on any atom is -0.490 e.